The number of unbranched alkanes of at least 4 members (excludes halogenated alkanes) is 1. The molecule has 0 fully saturated rings. The fourth-order valence-electron chi connectivity index (χ4n) is 4.85. The Morgan fingerprint density at radius 1 is 1.21 bits per heavy atom. The molecule has 0 saturated heterocycles. The van der Waals surface area contributed by atoms with Gasteiger partial charge in [0.05, 0.1) is 0 Å². The van der Waals surface area contributed by atoms with Gasteiger partial charge in [0.25, 0.3) is 0 Å². The van der Waals surface area contributed by atoms with Gasteiger partial charge in [-0.2, -0.15) is 0 Å². The number of rotatable bonds is 8. The molecule has 0 heterocycles. The summed E-state index contributed by atoms with van der Waals surface area (Å²) in [5, 5.41) is 0. The zero-order valence-corrected chi connectivity index (χ0v) is 16.6. The van der Waals surface area contributed by atoms with Crippen molar-refractivity contribution in [3.05, 3.63) is 23.8 Å². The Bertz CT molecular complexity index is 470. The van der Waals surface area contributed by atoms with Crippen LogP contribution in [0, 0.1) is 35.5 Å². The molecule has 5 atom stereocenters. The highest BCUT2D eigenvalue weighted by molar-refractivity contribution is 5.75. The van der Waals surface area contributed by atoms with Gasteiger partial charge in [0, 0.05) is 6.42 Å². The molecule has 0 bridgehead atoms. The van der Waals surface area contributed by atoms with Gasteiger partial charge in [0.15, 0.2) is 0 Å². The number of carbonyl (C=O) groups excluding carboxylic acids is 1. The maximum atomic E-state index is 11.5. The van der Waals surface area contributed by atoms with Crippen LogP contribution in [0.25, 0.3) is 0 Å². The van der Waals surface area contributed by atoms with E-state index in [4.69, 9.17) is 0 Å². The second-order valence-corrected chi connectivity index (χ2v) is 8.90. The van der Waals surface area contributed by atoms with Gasteiger partial charge in [0.1, 0.15) is 5.78 Å². The zero-order chi connectivity index (χ0) is 17.7. The van der Waals surface area contributed by atoms with Crippen molar-refractivity contribution in [2.75, 3.05) is 0 Å². The second-order valence-electron chi connectivity index (χ2n) is 8.90. The predicted octanol–water partition coefficient (Wildman–Crippen LogP) is 6.59. The van der Waals surface area contributed by atoms with Crippen molar-refractivity contribution in [2.24, 2.45) is 35.5 Å². The summed E-state index contributed by atoms with van der Waals surface area (Å²) in [6, 6.07) is 0. The molecule has 0 spiro atoms. The molecular weight excluding hydrogens is 292 g/mol. The molecule has 24 heavy (non-hydrogen) atoms. The molecule has 0 N–H and O–H groups in total. The molecular formula is C23H38O. The summed E-state index contributed by atoms with van der Waals surface area (Å²) in [6.07, 6.45) is 16.1. The van der Waals surface area contributed by atoms with Gasteiger partial charge in [-0.1, -0.05) is 58.8 Å². The van der Waals surface area contributed by atoms with Crippen LogP contribution in [0.1, 0.15) is 79.6 Å². The van der Waals surface area contributed by atoms with Crippen molar-refractivity contribution in [1.29, 1.82) is 0 Å². The summed E-state index contributed by atoms with van der Waals surface area (Å²) in [5.41, 5.74) is 1.62. The van der Waals surface area contributed by atoms with E-state index in [0.717, 1.165) is 30.1 Å². The molecule has 2 aliphatic carbocycles. The van der Waals surface area contributed by atoms with Crippen LogP contribution in [0.3, 0.4) is 0 Å². The monoisotopic (exact) mass is 330 g/mol. The average Bonchev–Trinajstić information content (AvgIpc) is 2.51. The minimum absolute atomic E-state index is 0.353. The van der Waals surface area contributed by atoms with E-state index < -0.39 is 0 Å². The third kappa shape index (κ3) is 5.33. The first-order valence-electron chi connectivity index (χ1n) is 10.3. The summed E-state index contributed by atoms with van der Waals surface area (Å²) >= 11 is 0. The lowest BCUT2D eigenvalue weighted by Gasteiger charge is -2.38. The molecule has 1 heteroatoms. The minimum Gasteiger partial charge on any atom is -0.300 e. The van der Waals surface area contributed by atoms with Crippen LogP contribution in [0.4, 0.5) is 0 Å². The maximum Gasteiger partial charge on any atom is 0.130 e. The molecule has 136 valence electrons. The van der Waals surface area contributed by atoms with Crippen LogP contribution in [0.2, 0.25) is 0 Å². The van der Waals surface area contributed by atoms with Gasteiger partial charge >= 0.3 is 0 Å². The summed E-state index contributed by atoms with van der Waals surface area (Å²) in [6.45, 7) is 11.0. The average molecular weight is 331 g/mol. The van der Waals surface area contributed by atoms with Gasteiger partial charge in [-0.05, 0) is 73.7 Å². The number of Topliss-reactive ketones (excluding diaryl/α,β-unsaturated/α-hetero) is 1. The Kier molecular flexibility index (Phi) is 7.32. The number of carbonyl (C=O) groups is 1. The zero-order valence-electron chi connectivity index (χ0n) is 16.6. The third-order valence-corrected chi connectivity index (χ3v) is 6.48. The normalized spacial score (nSPS) is 30.8. The Balaban J connectivity index is 1.84. The van der Waals surface area contributed by atoms with Gasteiger partial charge in [0.2, 0.25) is 0 Å². The van der Waals surface area contributed by atoms with Gasteiger partial charge < -0.3 is 4.79 Å². The van der Waals surface area contributed by atoms with Crippen molar-refractivity contribution in [3.63, 3.8) is 0 Å². The summed E-state index contributed by atoms with van der Waals surface area (Å²) < 4.78 is 0. The quantitative estimate of drug-likeness (QED) is 0.459. The minimum atomic E-state index is 0.353. The number of hydrogen-bond acceptors (Lipinski definition) is 1. The Morgan fingerprint density at radius 2 is 1.96 bits per heavy atom. The molecule has 0 amide bonds. The van der Waals surface area contributed by atoms with E-state index in [1.807, 2.05) is 0 Å². The Hall–Kier alpha value is -0.850. The third-order valence-electron chi connectivity index (χ3n) is 6.48. The molecule has 2 aliphatic rings. The molecule has 0 radical (unpaired) electrons. The van der Waals surface area contributed by atoms with Crippen LogP contribution >= 0.6 is 0 Å². The van der Waals surface area contributed by atoms with Crippen molar-refractivity contribution >= 4 is 5.78 Å². The molecule has 0 aromatic rings. The van der Waals surface area contributed by atoms with E-state index in [1.165, 1.54) is 38.5 Å². The first-order chi connectivity index (χ1) is 11.4. The highest BCUT2D eigenvalue weighted by Crippen LogP contribution is 2.43. The summed E-state index contributed by atoms with van der Waals surface area (Å²) in [7, 11) is 0. The van der Waals surface area contributed by atoms with E-state index in [1.54, 1.807) is 12.5 Å². The SMILES string of the molecule is CC(=O)CC(CCCCC1C(C)C=CC2=CC(C)CCC21)C(C)C. The summed E-state index contributed by atoms with van der Waals surface area (Å²) in [5.74, 6) is 4.67. The van der Waals surface area contributed by atoms with Gasteiger partial charge in [-0.15, -0.1) is 0 Å². The largest absolute Gasteiger partial charge is 0.300 e. The number of fused-ring (bicyclic) bond motifs is 1. The van der Waals surface area contributed by atoms with Gasteiger partial charge in [-0.3, -0.25) is 0 Å². The first kappa shape index (κ1) is 19.5. The second kappa shape index (κ2) is 9.02. The van der Waals surface area contributed by atoms with E-state index in [2.05, 4.69) is 45.9 Å². The Labute approximate surface area is 150 Å². The first-order valence-corrected chi connectivity index (χ1v) is 10.3. The predicted molar refractivity (Wildman–Crippen MR) is 104 cm³/mol. The maximum absolute atomic E-state index is 11.5. The van der Waals surface area contributed by atoms with Crippen molar-refractivity contribution in [3.8, 4) is 0 Å². The van der Waals surface area contributed by atoms with Crippen LogP contribution in [0.5, 0.6) is 0 Å². The van der Waals surface area contributed by atoms with E-state index >= 15 is 0 Å². The molecule has 1 nitrogen and oxygen atoms in total. The number of allylic oxidation sites excluding steroid dienone is 4. The molecule has 0 aromatic heterocycles. The lowest BCUT2D eigenvalue weighted by atomic mass is 9.67. The van der Waals surface area contributed by atoms with Crippen LogP contribution in [0.15, 0.2) is 23.8 Å². The van der Waals surface area contributed by atoms with Crippen molar-refractivity contribution in [2.45, 2.75) is 79.6 Å². The molecule has 0 aromatic carbocycles. The molecule has 2 rings (SSSR count). The van der Waals surface area contributed by atoms with Crippen LogP contribution in [-0.4, -0.2) is 5.78 Å². The van der Waals surface area contributed by atoms with Gasteiger partial charge in [-0.25, -0.2) is 0 Å². The fourth-order valence-corrected chi connectivity index (χ4v) is 4.85. The smallest absolute Gasteiger partial charge is 0.130 e. The number of ketones is 1. The van der Waals surface area contributed by atoms with Crippen molar-refractivity contribution in [1.82, 2.24) is 0 Å². The van der Waals surface area contributed by atoms with E-state index in [9.17, 15) is 4.79 Å². The van der Waals surface area contributed by atoms with E-state index in [-0.39, 0.29) is 0 Å². The lowest BCUT2D eigenvalue weighted by molar-refractivity contribution is -0.118. The van der Waals surface area contributed by atoms with E-state index in [0.29, 0.717) is 17.6 Å². The molecule has 0 saturated carbocycles. The van der Waals surface area contributed by atoms with Crippen molar-refractivity contribution < 1.29 is 4.79 Å². The summed E-state index contributed by atoms with van der Waals surface area (Å²) in [4.78, 5) is 11.5. The van der Waals surface area contributed by atoms with Crippen LogP contribution < -0.4 is 0 Å². The number of hydrogen-bond donors (Lipinski definition) is 0. The molecule has 0 aliphatic heterocycles. The highest BCUT2D eigenvalue weighted by Gasteiger charge is 2.32. The lowest BCUT2D eigenvalue weighted by Crippen LogP contribution is -2.28. The fraction of sp³-hybridized carbons (Fsp3) is 0.783. The standard InChI is InChI=1S/C23H38O/c1-16(2)20(15-19(5)24)8-6-7-9-22-18(4)11-12-21-14-17(3)10-13-23(21)22/h11-12,14,16-18,20,22-23H,6-10,13,15H2,1-5H3. The Morgan fingerprint density at radius 3 is 2.62 bits per heavy atom. The molecule has 5 unspecified atom stereocenters. The highest BCUT2D eigenvalue weighted by atomic mass is 16.1. The topological polar surface area (TPSA) is 17.1 Å². The van der Waals surface area contributed by atoms with Crippen LogP contribution in [-0.2, 0) is 4.79 Å².